The average molecular weight is 358 g/mol. The van der Waals surface area contributed by atoms with Crippen molar-refractivity contribution in [2.24, 2.45) is 0 Å². The second kappa shape index (κ2) is 7.38. The van der Waals surface area contributed by atoms with E-state index in [-0.39, 0.29) is 16.7 Å². The third kappa shape index (κ3) is 4.53. The lowest BCUT2D eigenvalue weighted by Gasteiger charge is -2.18. The van der Waals surface area contributed by atoms with Crippen molar-refractivity contribution in [3.05, 3.63) is 27.7 Å². The lowest BCUT2D eigenvalue weighted by Crippen LogP contribution is -2.31. The van der Waals surface area contributed by atoms with Crippen molar-refractivity contribution in [1.82, 2.24) is 4.31 Å². The zero-order valence-electron chi connectivity index (χ0n) is 10.8. The summed E-state index contributed by atoms with van der Waals surface area (Å²) in [5.74, 6) is 4.87. The molecule has 0 heterocycles. The summed E-state index contributed by atoms with van der Waals surface area (Å²) in [5.41, 5.74) is 0.300. The van der Waals surface area contributed by atoms with Crippen LogP contribution in [0, 0.1) is 11.8 Å². The van der Waals surface area contributed by atoms with Gasteiger partial charge in [-0.2, -0.15) is 4.31 Å². The van der Waals surface area contributed by atoms with Gasteiger partial charge >= 0.3 is 0 Å². The highest BCUT2D eigenvalue weighted by atomic mass is 35.5. The summed E-state index contributed by atoms with van der Waals surface area (Å²) in [6.07, 6.45) is -2.82. The van der Waals surface area contributed by atoms with E-state index < -0.39 is 27.9 Å². The first-order valence-corrected chi connectivity index (χ1v) is 7.73. The summed E-state index contributed by atoms with van der Waals surface area (Å²) in [5, 5.41) is 8.13. The summed E-state index contributed by atoms with van der Waals surface area (Å²) in [7, 11) is -3.23. The van der Waals surface area contributed by atoms with Crippen LogP contribution in [0.3, 0.4) is 0 Å². The Morgan fingerprint density at radius 1 is 1.33 bits per heavy atom. The molecule has 21 heavy (non-hydrogen) atoms. The summed E-state index contributed by atoms with van der Waals surface area (Å²) >= 11 is 11.7. The fourth-order valence-corrected chi connectivity index (χ4v) is 3.77. The lowest BCUT2D eigenvalue weighted by atomic mass is 10.2. The van der Waals surface area contributed by atoms with E-state index >= 15 is 0 Å². The van der Waals surface area contributed by atoms with Crippen LogP contribution >= 0.6 is 23.2 Å². The highest BCUT2D eigenvalue weighted by Gasteiger charge is 2.28. The standard InChI is InChI=1S/C12H11Cl2F2NO3S/c1-17(7-11(15)16)21(19,20)12-9(13)5-8(3-2-4-18)6-10(12)14/h5-6,11,18H,4,7H2,1H3. The molecule has 9 heteroatoms. The highest BCUT2D eigenvalue weighted by Crippen LogP contribution is 2.32. The van der Waals surface area contributed by atoms with Gasteiger partial charge in [-0.05, 0) is 12.1 Å². The topological polar surface area (TPSA) is 57.6 Å². The van der Waals surface area contributed by atoms with Crippen LogP contribution < -0.4 is 0 Å². The predicted octanol–water partition coefficient (Wildman–Crippen LogP) is 2.22. The number of alkyl halides is 2. The van der Waals surface area contributed by atoms with Crippen molar-refractivity contribution in [1.29, 1.82) is 0 Å². The Labute approximate surface area is 131 Å². The van der Waals surface area contributed by atoms with E-state index in [9.17, 15) is 17.2 Å². The van der Waals surface area contributed by atoms with Gasteiger partial charge in [0.1, 0.15) is 11.5 Å². The van der Waals surface area contributed by atoms with Crippen LogP contribution in [0.15, 0.2) is 17.0 Å². The predicted molar refractivity (Wildman–Crippen MR) is 76.2 cm³/mol. The van der Waals surface area contributed by atoms with E-state index in [0.29, 0.717) is 9.87 Å². The largest absolute Gasteiger partial charge is 0.384 e. The smallest absolute Gasteiger partial charge is 0.252 e. The van der Waals surface area contributed by atoms with Gasteiger partial charge in [0, 0.05) is 12.6 Å². The molecule has 1 N–H and O–H groups in total. The molecule has 0 aliphatic rings. The van der Waals surface area contributed by atoms with Gasteiger partial charge in [0.05, 0.1) is 16.6 Å². The van der Waals surface area contributed by atoms with Gasteiger partial charge in [-0.15, -0.1) is 0 Å². The monoisotopic (exact) mass is 357 g/mol. The number of hydrogen-bond acceptors (Lipinski definition) is 3. The number of nitrogens with zero attached hydrogens (tertiary/aromatic N) is 1. The van der Waals surface area contributed by atoms with Crippen LogP contribution in [0.4, 0.5) is 8.78 Å². The van der Waals surface area contributed by atoms with Crippen molar-refractivity contribution < 1.29 is 22.3 Å². The molecule has 1 rings (SSSR count). The fourth-order valence-electron chi connectivity index (χ4n) is 1.47. The maximum absolute atomic E-state index is 12.3. The third-order valence-electron chi connectivity index (χ3n) is 2.37. The van der Waals surface area contributed by atoms with E-state index in [1.807, 2.05) is 0 Å². The Balaban J connectivity index is 3.31. The molecule has 0 saturated carbocycles. The Hall–Kier alpha value is -0.910. The molecule has 0 aromatic heterocycles. The third-order valence-corrected chi connectivity index (χ3v) is 5.12. The van der Waals surface area contributed by atoms with Crippen LogP contribution in [0.2, 0.25) is 10.0 Å². The molecular formula is C12H11Cl2F2NO3S. The molecule has 0 spiro atoms. The summed E-state index contributed by atoms with van der Waals surface area (Å²) in [6, 6.07) is 2.47. The normalized spacial score (nSPS) is 11.6. The van der Waals surface area contributed by atoms with Gasteiger partial charge in [0.15, 0.2) is 0 Å². The highest BCUT2D eigenvalue weighted by molar-refractivity contribution is 7.89. The molecule has 0 amide bonds. The zero-order valence-corrected chi connectivity index (χ0v) is 13.1. The van der Waals surface area contributed by atoms with E-state index in [0.717, 1.165) is 7.05 Å². The van der Waals surface area contributed by atoms with Crippen molar-refractivity contribution in [2.75, 3.05) is 20.2 Å². The minimum atomic E-state index is -4.24. The minimum absolute atomic E-state index is 0.231. The molecular weight excluding hydrogens is 347 g/mol. The first-order valence-electron chi connectivity index (χ1n) is 5.53. The molecule has 0 radical (unpaired) electrons. The molecule has 0 bridgehead atoms. The average Bonchev–Trinajstić information content (AvgIpc) is 2.34. The Kier molecular flexibility index (Phi) is 6.38. The van der Waals surface area contributed by atoms with Crippen molar-refractivity contribution in [3.63, 3.8) is 0 Å². The van der Waals surface area contributed by atoms with E-state index in [2.05, 4.69) is 11.8 Å². The number of aliphatic hydroxyl groups is 1. The van der Waals surface area contributed by atoms with Crippen LogP contribution in [-0.4, -0.2) is 44.5 Å². The van der Waals surface area contributed by atoms with Crippen LogP contribution in [-0.2, 0) is 10.0 Å². The van der Waals surface area contributed by atoms with Gasteiger partial charge in [-0.1, -0.05) is 35.0 Å². The molecule has 1 aromatic rings. The lowest BCUT2D eigenvalue weighted by molar-refractivity contribution is 0.126. The van der Waals surface area contributed by atoms with Gasteiger partial charge in [0.25, 0.3) is 6.43 Å². The summed E-state index contributed by atoms with van der Waals surface area (Å²) in [6.45, 7) is -1.35. The maximum Gasteiger partial charge on any atom is 0.252 e. The maximum atomic E-state index is 12.3. The van der Waals surface area contributed by atoms with E-state index in [4.69, 9.17) is 28.3 Å². The van der Waals surface area contributed by atoms with Crippen LogP contribution in [0.1, 0.15) is 5.56 Å². The van der Waals surface area contributed by atoms with Crippen molar-refractivity contribution in [2.45, 2.75) is 11.3 Å². The first-order chi connectivity index (χ1) is 9.70. The minimum Gasteiger partial charge on any atom is -0.384 e. The van der Waals surface area contributed by atoms with Crippen LogP contribution in [0.25, 0.3) is 0 Å². The molecule has 1 aromatic carbocycles. The fraction of sp³-hybridized carbons (Fsp3) is 0.333. The van der Waals surface area contributed by atoms with Gasteiger partial charge < -0.3 is 5.11 Å². The first kappa shape index (κ1) is 18.1. The van der Waals surface area contributed by atoms with E-state index in [1.165, 1.54) is 12.1 Å². The molecule has 0 aliphatic heterocycles. The number of sulfonamides is 1. The van der Waals surface area contributed by atoms with Crippen molar-refractivity contribution in [3.8, 4) is 11.8 Å². The zero-order chi connectivity index (χ0) is 16.2. The van der Waals surface area contributed by atoms with Crippen molar-refractivity contribution >= 4 is 33.2 Å². The number of aliphatic hydroxyl groups excluding tert-OH is 1. The summed E-state index contributed by atoms with van der Waals surface area (Å²) in [4.78, 5) is -0.455. The number of rotatable bonds is 4. The number of hydrogen-bond donors (Lipinski definition) is 1. The van der Waals surface area contributed by atoms with Crippen LogP contribution in [0.5, 0.6) is 0 Å². The second-order valence-electron chi connectivity index (χ2n) is 3.91. The van der Waals surface area contributed by atoms with E-state index in [1.54, 1.807) is 0 Å². The second-order valence-corrected chi connectivity index (χ2v) is 6.70. The summed E-state index contributed by atoms with van der Waals surface area (Å²) < 4.78 is 49.5. The molecule has 0 atom stereocenters. The Bertz CT molecular complexity index is 660. The molecule has 0 saturated heterocycles. The molecule has 0 fully saturated rings. The SMILES string of the molecule is CN(CC(F)F)S(=O)(=O)c1c(Cl)cc(C#CCO)cc1Cl. The number of benzene rings is 1. The van der Waals surface area contributed by atoms with Gasteiger partial charge in [-0.3, -0.25) is 0 Å². The molecule has 116 valence electrons. The number of halogens is 4. The van der Waals surface area contributed by atoms with Gasteiger partial charge in [-0.25, -0.2) is 17.2 Å². The Morgan fingerprint density at radius 3 is 2.29 bits per heavy atom. The molecule has 0 unspecified atom stereocenters. The molecule has 0 aliphatic carbocycles. The quantitative estimate of drug-likeness (QED) is 0.840. The Morgan fingerprint density at radius 2 is 1.86 bits per heavy atom. The molecule has 4 nitrogen and oxygen atoms in total. The van der Waals surface area contributed by atoms with Gasteiger partial charge in [0.2, 0.25) is 10.0 Å².